The van der Waals surface area contributed by atoms with Gasteiger partial charge in [-0.1, -0.05) is 6.07 Å². The number of benzene rings is 2. The summed E-state index contributed by atoms with van der Waals surface area (Å²) >= 11 is 0. The zero-order valence-electron chi connectivity index (χ0n) is 13.1. The van der Waals surface area contributed by atoms with Crippen molar-refractivity contribution in [3.8, 4) is 17.2 Å². The van der Waals surface area contributed by atoms with Gasteiger partial charge < -0.3 is 23.7 Å². The SMILES string of the molecule is COc1cc(C(O)c2ccc3ocnc3c2)cc(OC)c1OC. The van der Waals surface area contributed by atoms with Crippen LogP contribution in [0.1, 0.15) is 17.2 Å². The number of fused-ring (bicyclic) bond motifs is 1. The molecule has 1 N–H and O–H groups in total. The van der Waals surface area contributed by atoms with E-state index in [9.17, 15) is 5.11 Å². The second-order valence-electron chi connectivity index (χ2n) is 4.94. The van der Waals surface area contributed by atoms with Gasteiger partial charge in [-0.15, -0.1) is 0 Å². The quantitative estimate of drug-likeness (QED) is 0.780. The fourth-order valence-corrected chi connectivity index (χ4v) is 2.50. The van der Waals surface area contributed by atoms with E-state index in [0.717, 1.165) is 0 Å². The fourth-order valence-electron chi connectivity index (χ4n) is 2.50. The Hall–Kier alpha value is -2.73. The first-order valence-corrected chi connectivity index (χ1v) is 6.99. The Bertz CT molecular complexity index is 802. The van der Waals surface area contributed by atoms with Crippen molar-refractivity contribution in [2.24, 2.45) is 0 Å². The molecule has 2 aromatic carbocycles. The second kappa shape index (κ2) is 6.18. The zero-order valence-corrected chi connectivity index (χ0v) is 13.1. The van der Waals surface area contributed by atoms with E-state index in [1.807, 2.05) is 0 Å². The van der Waals surface area contributed by atoms with Gasteiger partial charge in [-0.3, -0.25) is 0 Å². The Balaban J connectivity index is 2.05. The lowest BCUT2D eigenvalue weighted by atomic mass is 10.0. The monoisotopic (exact) mass is 315 g/mol. The normalized spacial score (nSPS) is 12.2. The number of methoxy groups -OCH3 is 3. The maximum absolute atomic E-state index is 10.7. The molecule has 0 saturated heterocycles. The largest absolute Gasteiger partial charge is 0.493 e. The molecule has 120 valence electrons. The van der Waals surface area contributed by atoms with Crippen molar-refractivity contribution in [1.82, 2.24) is 4.98 Å². The lowest BCUT2D eigenvalue weighted by molar-refractivity contribution is 0.218. The van der Waals surface area contributed by atoms with E-state index in [4.69, 9.17) is 18.6 Å². The zero-order chi connectivity index (χ0) is 16.4. The average molecular weight is 315 g/mol. The number of hydrogen-bond donors (Lipinski definition) is 1. The van der Waals surface area contributed by atoms with Crippen LogP contribution in [-0.2, 0) is 0 Å². The predicted octanol–water partition coefficient (Wildman–Crippen LogP) is 2.94. The molecule has 0 radical (unpaired) electrons. The molecule has 0 bridgehead atoms. The molecule has 1 aromatic heterocycles. The van der Waals surface area contributed by atoms with Crippen molar-refractivity contribution in [3.63, 3.8) is 0 Å². The van der Waals surface area contributed by atoms with Crippen LogP contribution in [0, 0.1) is 0 Å². The third-order valence-electron chi connectivity index (χ3n) is 3.67. The van der Waals surface area contributed by atoms with Gasteiger partial charge in [-0.05, 0) is 35.4 Å². The van der Waals surface area contributed by atoms with E-state index in [-0.39, 0.29) is 0 Å². The van der Waals surface area contributed by atoms with Crippen molar-refractivity contribution in [3.05, 3.63) is 47.9 Å². The Morgan fingerprint density at radius 3 is 2.26 bits per heavy atom. The van der Waals surface area contributed by atoms with Crippen molar-refractivity contribution in [1.29, 1.82) is 0 Å². The molecule has 0 aliphatic carbocycles. The number of nitrogens with zero attached hydrogens (tertiary/aromatic N) is 1. The van der Waals surface area contributed by atoms with Gasteiger partial charge in [-0.25, -0.2) is 4.98 Å². The lowest BCUT2D eigenvalue weighted by Crippen LogP contribution is -2.03. The summed E-state index contributed by atoms with van der Waals surface area (Å²) in [7, 11) is 4.61. The van der Waals surface area contributed by atoms with Gasteiger partial charge >= 0.3 is 0 Å². The number of ether oxygens (including phenoxy) is 3. The topological polar surface area (TPSA) is 74.0 Å². The molecule has 0 amide bonds. The van der Waals surface area contributed by atoms with Crippen LogP contribution in [0.3, 0.4) is 0 Å². The maximum Gasteiger partial charge on any atom is 0.203 e. The summed E-state index contributed by atoms with van der Waals surface area (Å²) in [4.78, 5) is 4.10. The molecule has 0 aliphatic rings. The van der Waals surface area contributed by atoms with Crippen molar-refractivity contribution < 1.29 is 23.7 Å². The third kappa shape index (κ3) is 2.68. The van der Waals surface area contributed by atoms with Crippen LogP contribution < -0.4 is 14.2 Å². The van der Waals surface area contributed by atoms with Crippen LogP contribution in [0.15, 0.2) is 41.1 Å². The minimum absolute atomic E-state index is 0.484. The summed E-state index contributed by atoms with van der Waals surface area (Å²) in [5.74, 6) is 1.46. The summed E-state index contributed by atoms with van der Waals surface area (Å²) in [6.07, 6.45) is 0.519. The van der Waals surface area contributed by atoms with Gasteiger partial charge in [0, 0.05) is 0 Å². The van der Waals surface area contributed by atoms with Gasteiger partial charge in [0.1, 0.15) is 11.6 Å². The molecule has 6 nitrogen and oxygen atoms in total. The Kier molecular flexibility index (Phi) is 4.08. The van der Waals surface area contributed by atoms with Gasteiger partial charge in [0.2, 0.25) is 5.75 Å². The summed E-state index contributed by atoms with van der Waals surface area (Å²) in [5, 5.41) is 10.7. The molecule has 1 atom stereocenters. The number of aliphatic hydroxyl groups excluding tert-OH is 1. The first kappa shape index (κ1) is 15.2. The van der Waals surface area contributed by atoms with Crippen molar-refractivity contribution >= 4 is 11.1 Å². The van der Waals surface area contributed by atoms with Crippen molar-refractivity contribution in [2.45, 2.75) is 6.10 Å². The third-order valence-corrected chi connectivity index (χ3v) is 3.67. The van der Waals surface area contributed by atoms with Crippen LogP contribution in [0.2, 0.25) is 0 Å². The van der Waals surface area contributed by atoms with Crippen LogP contribution >= 0.6 is 0 Å². The lowest BCUT2D eigenvalue weighted by Gasteiger charge is -2.17. The molecule has 3 rings (SSSR count). The minimum Gasteiger partial charge on any atom is -0.493 e. The average Bonchev–Trinajstić information content (AvgIpc) is 3.07. The Morgan fingerprint density at radius 2 is 1.65 bits per heavy atom. The highest BCUT2D eigenvalue weighted by Gasteiger charge is 2.19. The number of aliphatic hydroxyl groups is 1. The Labute approximate surface area is 133 Å². The number of rotatable bonds is 5. The van der Waals surface area contributed by atoms with E-state index in [2.05, 4.69) is 4.98 Å². The van der Waals surface area contributed by atoms with E-state index < -0.39 is 6.10 Å². The summed E-state index contributed by atoms with van der Waals surface area (Å²) in [5.41, 5.74) is 2.68. The molecule has 3 aromatic rings. The summed E-state index contributed by atoms with van der Waals surface area (Å²) in [6.45, 7) is 0. The molecule has 6 heteroatoms. The van der Waals surface area contributed by atoms with E-state index in [1.165, 1.54) is 27.7 Å². The van der Waals surface area contributed by atoms with Crippen LogP contribution in [0.4, 0.5) is 0 Å². The first-order valence-electron chi connectivity index (χ1n) is 6.99. The minimum atomic E-state index is -0.857. The maximum atomic E-state index is 10.7. The number of aromatic nitrogens is 1. The standard InChI is InChI=1S/C17H17NO5/c1-20-14-7-11(8-15(21-2)17(14)22-3)16(19)10-4-5-13-12(6-10)18-9-23-13/h4-9,16,19H,1-3H3. The fraction of sp³-hybridized carbons (Fsp3) is 0.235. The highest BCUT2D eigenvalue weighted by Crippen LogP contribution is 2.40. The highest BCUT2D eigenvalue weighted by molar-refractivity contribution is 5.73. The number of oxazole rings is 1. The molecule has 0 aliphatic heterocycles. The molecule has 0 spiro atoms. The van der Waals surface area contributed by atoms with E-state index >= 15 is 0 Å². The smallest absolute Gasteiger partial charge is 0.203 e. The predicted molar refractivity (Wildman–Crippen MR) is 84.2 cm³/mol. The molecule has 0 saturated carbocycles. The van der Waals surface area contributed by atoms with Gasteiger partial charge in [0.25, 0.3) is 0 Å². The van der Waals surface area contributed by atoms with Crippen LogP contribution in [-0.4, -0.2) is 31.4 Å². The van der Waals surface area contributed by atoms with Gasteiger partial charge in [0.05, 0.1) is 21.3 Å². The first-order chi connectivity index (χ1) is 11.2. The summed E-state index contributed by atoms with van der Waals surface area (Å²) in [6, 6.07) is 8.80. The molecule has 1 heterocycles. The number of hydrogen-bond acceptors (Lipinski definition) is 6. The van der Waals surface area contributed by atoms with Gasteiger partial charge in [-0.2, -0.15) is 0 Å². The van der Waals surface area contributed by atoms with Gasteiger partial charge in [0.15, 0.2) is 23.5 Å². The van der Waals surface area contributed by atoms with Crippen LogP contribution in [0.25, 0.3) is 11.1 Å². The Morgan fingerprint density at radius 1 is 0.957 bits per heavy atom. The van der Waals surface area contributed by atoms with Crippen molar-refractivity contribution in [2.75, 3.05) is 21.3 Å². The molecular weight excluding hydrogens is 298 g/mol. The second-order valence-corrected chi connectivity index (χ2v) is 4.94. The molecule has 23 heavy (non-hydrogen) atoms. The summed E-state index contributed by atoms with van der Waals surface area (Å²) < 4.78 is 21.1. The van der Waals surface area contributed by atoms with E-state index in [0.29, 0.717) is 39.5 Å². The molecule has 0 fully saturated rings. The van der Waals surface area contributed by atoms with E-state index in [1.54, 1.807) is 30.3 Å². The molecular formula is C17H17NO5. The highest BCUT2D eigenvalue weighted by atomic mass is 16.5. The molecule has 1 unspecified atom stereocenters. The van der Waals surface area contributed by atoms with Crippen LogP contribution in [0.5, 0.6) is 17.2 Å².